The molecule has 0 spiro atoms. The highest BCUT2D eigenvalue weighted by molar-refractivity contribution is 7.98. The number of thioether (sulfide) groups is 1. The molecule has 2 aromatic carbocycles. The van der Waals surface area contributed by atoms with Crippen molar-refractivity contribution in [3.63, 3.8) is 0 Å². The topological polar surface area (TPSA) is 519 Å². The number of hydrogen-bond acceptors (Lipinski definition) is 17. The lowest BCUT2D eigenvalue weighted by Gasteiger charge is -2.32. The van der Waals surface area contributed by atoms with Crippen molar-refractivity contribution in [3.05, 3.63) is 71.8 Å². The lowest BCUT2D eigenvalue weighted by Crippen LogP contribution is -2.60. The molecule has 2 fully saturated rings. The molecule has 0 bridgehead atoms. The van der Waals surface area contributed by atoms with Crippen LogP contribution in [0.5, 0.6) is 0 Å². The third kappa shape index (κ3) is 27.5. The van der Waals surface area contributed by atoms with E-state index in [2.05, 4.69) is 47.5 Å². The minimum absolute atomic E-state index is 0.0736. The van der Waals surface area contributed by atoms with Crippen LogP contribution in [0.2, 0.25) is 0 Å². The molecule has 0 radical (unpaired) electrons. The van der Waals surface area contributed by atoms with E-state index in [-0.39, 0.29) is 83.0 Å². The van der Waals surface area contributed by atoms with Crippen molar-refractivity contribution in [2.75, 3.05) is 44.7 Å². The Morgan fingerprint density at radius 2 is 1.01 bits per heavy atom. The van der Waals surface area contributed by atoms with Gasteiger partial charge in [0.15, 0.2) is 5.96 Å². The second-order valence-corrected chi connectivity index (χ2v) is 25.1. The quantitative estimate of drug-likeness (QED) is 0.0173. The number of guanidine groups is 1. The maximum Gasteiger partial charge on any atom is 0.245 e. The molecule has 0 aliphatic carbocycles. The molecule has 32 heteroatoms. The monoisotopic (exact) mass is 1350 g/mol. The summed E-state index contributed by atoms with van der Waals surface area (Å²) in [6, 6.07) is 4.51. The van der Waals surface area contributed by atoms with Crippen molar-refractivity contribution in [1.29, 1.82) is 0 Å². The van der Waals surface area contributed by atoms with Crippen LogP contribution in [0, 0.1) is 5.92 Å². The molecule has 95 heavy (non-hydrogen) atoms. The highest BCUT2D eigenvalue weighted by Crippen LogP contribution is 2.24. The first-order chi connectivity index (χ1) is 45.2. The predicted octanol–water partition coefficient (Wildman–Crippen LogP) is -3.71. The number of primary amides is 3. The summed E-state index contributed by atoms with van der Waals surface area (Å²) in [5.41, 5.74) is 40.6. The second kappa shape index (κ2) is 41.0. The molecule has 524 valence electrons. The minimum atomic E-state index is -1.64. The van der Waals surface area contributed by atoms with Crippen LogP contribution >= 0.6 is 11.8 Å². The van der Waals surface area contributed by atoms with Gasteiger partial charge in [0.05, 0.1) is 12.6 Å². The van der Waals surface area contributed by atoms with Crippen molar-refractivity contribution in [2.24, 2.45) is 51.0 Å². The average molecular weight is 1350 g/mol. The zero-order valence-electron chi connectivity index (χ0n) is 54.5. The summed E-state index contributed by atoms with van der Waals surface area (Å²) in [7, 11) is 0. The fourth-order valence-electron chi connectivity index (χ4n) is 11.0. The summed E-state index contributed by atoms with van der Waals surface area (Å²) in [6.45, 7) is 3.86. The summed E-state index contributed by atoms with van der Waals surface area (Å²) in [5, 5.41) is 21.1. The van der Waals surface area contributed by atoms with Crippen LogP contribution < -0.4 is 82.7 Å². The van der Waals surface area contributed by atoms with Gasteiger partial charge in [-0.2, -0.15) is 11.8 Å². The van der Waals surface area contributed by atoms with Gasteiger partial charge < -0.3 is 92.5 Å². The van der Waals surface area contributed by atoms with Crippen molar-refractivity contribution >= 4 is 94.5 Å². The van der Waals surface area contributed by atoms with E-state index >= 15 is 0 Å². The smallest absolute Gasteiger partial charge is 0.245 e. The molecule has 13 amide bonds. The van der Waals surface area contributed by atoms with Gasteiger partial charge in [-0.25, -0.2) is 0 Å². The molecule has 10 atom stereocenters. The van der Waals surface area contributed by atoms with Crippen LogP contribution in [0.25, 0.3) is 0 Å². The van der Waals surface area contributed by atoms with E-state index in [1.54, 1.807) is 60.7 Å². The maximum atomic E-state index is 14.7. The summed E-state index contributed by atoms with van der Waals surface area (Å²) in [4.78, 5) is 185. The number of hydrogen-bond donors (Lipinski definition) is 15. The summed E-state index contributed by atoms with van der Waals surface area (Å²) < 4.78 is 0. The number of nitrogens with one attached hydrogen (secondary N) is 8. The van der Waals surface area contributed by atoms with E-state index in [9.17, 15) is 62.3 Å². The molecule has 0 unspecified atom stereocenters. The van der Waals surface area contributed by atoms with Crippen LogP contribution in [0.1, 0.15) is 121 Å². The SMILES string of the molecule is CSCC[C@H](NC(=O)[C@H](CC(C)C)NC(=O)CNC(=O)[C@H](Cc1ccccc1)NC(=O)[C@@H](Cc1ccccc1)NC(=O)[C@@H](CCC(N)=O)NC(=O)[C@H](CCC(N)=O)NC(=O)[C@H]1CCCN1C(=O)[C@H](CCCCN)NC(=O)[C@H]1CCCN1C(=O)[C@@H](N)CCCN=C(N)N)C(N)=O. The number of aliphatic imine (C=N–C) groups is 1. The molecule has 2 heterocycles. The molecule has 2 saturated heterocycles. The van der Waals surface area contributed by atoms with E-state index in [1.807, 2.05) is 20.1 Å². The number of likely N-dealkylation sites (tertiary alicyclic amines) is 2. The van der Waals surface area contributed by atoms with Gasteiger partial charge in [-0.3, -0.25) is 67.3 Å². The van der Waals surface area contributed by atoms with Gasteiger partial charge in [-0.05, 0) is 119 Å². The van der Waals surface area contributed by atoms with Crippen LogP contribution in [0.3, 0.4) is 0 Å². The molecule has 2 aliphatic rings. The number of benzene rings is 2. The zero-order valence-corrected chi connectivity index (χ0v) is 55.3. The van der Waals surface area contributed by atoms with Crippen LogP contribution in [0.15, 0.2) is 65.7 Å². The largest absolute Gasteiger partial charge is 0.370 e. The van der Waals surface area contributed by atoms with Crippen molar-refractivity contribution in [2.45, 2.75) is 183 Å². The Balaban J connectivity index is 1.56. The molecular weight excluding hydrogens is 1250 g/mol. The van der Waals surface area contributed by atoms with Crippen LogP contribution in [-0.4, -0.2) is 198 Å². The average Bonchev–Trinajstić information content (AvgIpc) is 1.74. The van der Waals surface area contributed by atoms with Gasteiger partial charge in [0.2, 0.25) is 76.8 Å². The van der Waals surface area contributed by atoms with Crippen molar-refractivity contribution < 1.29 is 62.3 Å². The number of rotatable bonds is 42. The first-order valence-electron chi connectivity index (χ1n) is 32.2. The van der Waals surface area contributed by atoms with E-state index in [1.165, 1.54) is 21.6 Å². The number of nitrogens with two attached hydrogens (primary N) is 7. The normalized spacial score (nSPS) is 16.8. The van der Waals surface area contributed by atoms with E-state index in [0.717, 1.165) is 0 Å². The van der Waals surface area contributed by atoms with Gasteiger partial charge >= 0.3 is 0 Å². The number of carbonyl (C=O) groups excluding carboxylic acids is 13. The lowest BCUT2D eigenvalue weighted by atomic mass is 10.0. The van der Waals surface area contributed by atoms with E-state index < -0.39 is 169 Å². The molecule has 2 aromatic rings. The maximum absolute atomic E-state index is 14.7. The number of amides is 13. The lowest BCUT2D eigenvalue weighted by molar-refractivity contribution is -0.144. The van der Waals surface area contributed by atoms with Crippen LogP contribution in [-0.2, 0) is 75.2 Å². The first kappa shape index (κ1) is 78.5. The van der Waals surface area contributed by atoms with Gasteiger partial charge in [0, 0.05) is 45.3 Å². The molecule has 22 N–H and O–H groups in total. The third-order valence-electron chi connectivity index (χ3n) is 16.0. The molecular formula is C63H98N18O13S. The van der Waals surface area contributed by atoms with E-state index in [0.29, 0.717) is 55.4 Å². The predicted molar refractivity (Wildman–Crippen MR) is 356 cm³/mol. The summed E-state index contributed by atoms with van der Waals surface area (Å²) in [6.07, 6.45) is 3.12. The van der Waals surface area contributed by atoms with Gasteiger partial charge in [-0.15, -0.1) is 0 Å². The van der Waals surface area contributed by atoms with Crippen molar-refractivity contribution in [3.8, 4) is 0 Å². The Bertz CT molecular complexity index is 2960. The molecule has 0 saturated carbocycles. The highest BCUT2D eigenvalue weighted by atomic mass is 32.2. The third-order valence-corrected chi connectivity index (χ3v) is 16.7. The number of carbonyl (C=O) groups is 13. The first-order valence-corrected chi connectivity index (χ1v) is 33.6. The van der Waals surface area contributed by atoms with Gasteiger partial charge in [0.1, 0.15) is 54.4 Å². The second-order valence-electron chi connectivity index (χ2n) is 24.1. The zero-order chi connectivity index (χ0) is 70.1. The Kier molecular flexibility index (Phi) is 33.9. The number of unbranched alkanes of at least 4 members (excludes halogenated alkanes) is 1. The summed E-state index contributed by atoms with van der Waals surface area (Å²) in [5.74, 6) is -9.80. The van der Waals surface area contributed by atoms with E-state index in [4.69, 9.17) is 40.1 Å². The fraction of sp³-hybridized carbons (Fsp3) is 0.587. The highest BCUT2D eigenvalue weighted by Gasteiger charge is 2.42. The Labute approximate surface area is 558 Å². The molecule has 31 nitrogen and oxygen atoms in total. The standard InChI is InChI=1S/C63H98N18O13S/c1-37(2)33-45(57(89)74-41(53(68)85)27-32-95-3)73-52(84)36-72-54(86)46(34-38-15-6-4-7-16-38)78-58(90)47(35-39-17-8-5-9-18-39)79-56(88)42(23-25-50(66)82)75-55(87)43(24-26-51(67)83)76-59(91)49-22-14-31-81(49)62(94)44(20-10-11-28-64)77-60(92)48-21-13-30-80(48)61(93)40(65)19-12-29-71-63(69)70/h4-9,15-18,37,40-49H,10-14,19-36,64-65H2,1-3H3,(H2,66,82)(H2,67,83)(H2,68,85)(H,72,86)(H,73,84)(H,74,89)(H,75,87)(H,76,91)(H,77,92)(H,78,90)(H,79,88)(H4,69,70,71)/t40-,41-,42+,43-,44-,45-,46-,47+,48+,49+/m0/s1. The summed E-state index contributed by atoms with van der Waals surface area (Å²) >= 11 is 1.45. The van der Waals surface area contributed by atoms with Crippen LogP contribution in [0.4, 0.5) is 0 Å². The number of nitrogens with zero attached hydrogens (tertiary/aromatic N) is 3. The fourth-order valence-corrected chi connectivity index (χ4v) is 11.5. The van der Waals surface area contributed by atoms with Gasteiger partial charge in [-0.1, -0.05) is 74.5 Å². The minimum Gasteiger partial charge on any atom is -0.370 e. The Morgan fingerprint density at radius 3 is 1.51 bits per heavy atom. The molecule has 2 aliphatic heterocycles. The molecule has 0 aromatic heterocycles. The van der Waals surface area contributed by atoms with Gasteiger partial charge in [0.25, 0.3) is 0 Å². The molecule has 4 rings (SSSR count). The van der Waals surface area contributed by atoms with Crippen molar-refractivity contribution in [1.82, 2.24) is 52.3 Å². The Hall–Kier alpha value is -8.91. The Morgan fingerprint density at radius 1 is 0.537 bits per heavy atom.